The van der Waals surface area contributed by atoms with Crippen LogP contribution >= 0.6 is 0 Å². The highest BCUT2D eigenvalue weighted by molar-refractivity contribution is 7.00. The zero-order valence-electron chi connectivity index (χ0n) is 37.3. The van der Waals surface area contributed by atoms with Gasteiger partial charge in [-0.25, -0.2) is 6.57 Å². The van der Waals surface area contributed by atoms with Gasteiger partial charge in [0.05, 0.1) is 5.71 Å². The number of fused-ring (bicyclic) bond motifs is 1. The molecule has 0 aromatic heterocycles. The summed E-state index contributed by atoms with van der Waals surface area (Å²) in [5, 5.41) is 9.68. The van der Waals surface area contributed by atoms with Crippen LogP contribution in [0.15, 0.2) is 139 Å². The van der Waals surface area contributed by atoms with E-state index in [0.717, 1.165) is 58.2 Å². The zero-order valence-corrected chi connectivity index (χ0v) is 39.3. The van der Waals surface area contributed by atoms with E-state index in [1.807, 2.05) is 0 Å². The minimum absolute atomic E-state index is 0. The summed E-state index contributed by atoms with van der Waals surface area (Å²) in [5.41, 5.74) is 2.66. The third-order valence-corrected chi connectivity index (χ3v) is 22.9. The average molecular weight is 859 g/mol. The van der Waals surface area contributed by atoms with Crippen LogP contribution in [0.25, 0.3) is 4.85 Å². The molecule has 0 bridgehead atoms. The van der Waals surface area contributed by atoms with E-state index < -0.39 is 16.6 Å². The lowest BCUT2D eigenvalue weighted by molar-refractivity contribution is 0.0897. The lowest BCUT2D eigenvalue weighted by Gasteiger charge is -2.45. The number of nitrogens with zero attached hydrogens (tertiary/aromatic N) is 2. The highest BCUT2D eigenvalue weighted by Crippen LogP contribution is 2.45. The Labute approximate surface area is 374 Å². The van der Waals surface area contributed by atoms with Crippen molar-refractivity contribution in [3.05, 3.63) is 145 Å². The molecule has 6 rings (SSSR count). The van der Waals surface area contributed by atoms with Crippen LogP contribution < -0.4 is 20.7 Å². The largest absolute Gasteiger partial charge is 0.407 e. The van der Waals surface area contributed by atoms with E-state index in [1.165, 1.54) is 32.0 Å². The maximum absolute atomic E-state index is 7.22. The number of oxime groups is 1. The molecule has 0 spiro atoms. The standard InChI is InChI=1S/C26H35NO2Si.C26H35NOSi.2CH4/c1-5-26-18-21(16-17-24(26)27-28-20-26)19-29-30(25(2,3)4,22-12-8-6-9-13-22)23-14-10-7-11-15-23;1-7-22(2)20-23(18-19-27-6)21-28-29(26(3,4)5,24-14-10-8-11-15-24)25-16-12-9-13-17-25;;/h6-15,21H,5,16-20H2,1-4H3;8-17,23H,2,7,18-21H2,1,3-5H3;2*1H4/t21-,26+;23-;;/m11../s1. The van der Waals surface area contributed by atoms with Gasteiger partial charge in [-0.2, -0.15) is 0 Å². The Morgan fingerprint density at radius 3 is 1.61 bits per heavy atom. The molecular weight excluding hydrogens is 781 g/mol. The Morgan fingerprint density at radius 2 is 1.21 bits per heavy atom. The average Bonchev–Trinajstić information content (AvgIpc) is 3.68. The summed E-state index contributed by atoms with van der Waals surface area (Å²) in [6.07, 6.45) is 7.19. The van der Waals surface area contributed by atoms with Crippen LogP contribution in [0.1, 0.15) is 115 Å². The second kappa shape index (κ2) is 22.9. The fourth-order valence-electron chi connectivity index (χ4n) is 9.54. The van der Waals surface area contributed by atoms with Crippen LogP contribution in [0.2, 0.25) is 10.1 Å². The minimum Gasteiger partial charge on any atom is -0.407 e. The summed E-state index contributed by atoms with van der Waals surface area (Å²) in [7, 11) is -4.98. The quantitative estimate of drug-likeness (QED) is 0.0640. The predicted octanol–water partition coefficient (Wildman–Crippen LogP) is 12.3. The topological polar surface area (TPSA) is 44.4 Å². The zero-order chi connectivity index (χ0) is 42.6. The lowest BCUT2D eigenvalue weighted by Crippen LogP contribution is -2.67. The number of hydrogen-bond acceptors (Lipinski definition) is 4. The van der Waals surface area contributed by atoms with Gasteiger partial charge < -0.3 is 18.5 Å². The molecule has 7 heteroatoms. The van der Waals surface area contributed by atoms with Crippen LogP contribution in [-0.4, -0.2) is 48.7 Å². The predicted molar refractivity (Wildman–Crippen MR) is 268 cm³/mol. The summed E-state index contributed by atoms with van der Waals surface area (Å²) in [4.78, 5) is 9.12. The van der Waals surface area contributed by atoms with Crippen molar-refractivity contribution in [2.75, 3.05) is 26.4 Å². The molecule has 4 aromatic rings. The Morgan fingerprint density at radius 1 is 0.770 bits per heavy atom. The summed E-state index contributed by atoms with van der Waals surface area (Å²) in [6.45, 7) is 32.6. The van der Waals surface area contributed by atoms with Gasteiger partial charge in [-0.15, -0.1) is 0 Å². The van der Waals surface area contributed by atoms with Crippen LogP contribution in [0, 0.1) is 23.8 Å². The van der Waals surface area contributed by atoms with Crippen molar-refractivity contribution in [2.45, 2.75) is 125 Å². The van der Waals surface area contributed by atoms with Gasteiger partial charge in [-0.05, 0) is 81.2 Å². The van der Waals surface area contributed by atoms with Crippen LogP contribution in [0.4, 0.5) is 0 Å². The Bertz CT molecular complexity index is 1890. The number of rotatable bonds is 16. The summed E-state index contributed by atoms with van der Waals surface area (Å²) in [6, 6.07) is 43.4. The second-order valence-corrected chi connectivity index (χ2v) is 27.5. The number of hydrogen-bond donors (Lipinski definition) is 0. The number of allylic oxidation sites excluding steroid dienone is 1. The second-order valence-electron chi connectivity index (χ2n) is 18.8. The third-order valence-electron chi connectivity index (χ3n) is 12.9. The van der Waals surface area contributed by atoms with Gasteiger partial charge in [0.1, 0.15) is 6.61 Å². The van der Waals surface area contributed by atoms with Crippen molar-refractivity contribution < 1.29 is 13.7 Å². The van der Waals surface area contributed by atoms with Crippen LogP contribution in [0.5, 0.6) is 0 Å². The lowest BCUT2D eigenvalue weighted by atomic mass is 9.68. The van der Waals surface area contributed by atoms with E-state index in [2.05, 4.69) is 193 Å². The van der Waals surface area contributed by atoms with E-state index in [-0.39, 0.29) is 30.3 Å². The number of benzene rings is 4. The Hall–Kier alpha value is -4.07. The van der Waals surface area contributed by atoms with Crippen molar-refractivity contribution in [2.24, 2.45) is 22.4 Å². The first-order valence-corrected chi connectivity index (χ1v) is 25.8. The smallest absolute Gasteiger partial charge is 0.261 e. The molecule has 61 heavy (non-hydrogen) atoms. The molecule has 0 radical (unpaired) electrons. The van der Waals surface area contributed by atoms with Gasteiger partial charge in [0.25, 0.3) is 16.6 Å². The molecule has 0 amide bonds. The van der Waals surface area contributed by atoms with Crippen molar-refractivity contribution in [1.29, 1.82) is 0 Å². The minimum atomic E-state index is -2.52. The molecule has 0 saturated heterocycles. The first-order valence-electron chi connectivity index (χ1n) is 22.0. The van der Waals surface area contributed by atoms with E-state index in [1.54, 1.807) is 0 Å². The molecule has 0 unspecified atom stereocenters. The fourth-order valence-corrected chi connectivity index (χ4v) is 18.8. The molecule has 2 aliphatic rings. The van der Waals surface area contributed by atoms with Gasteiger partial charge >= 0.3 is 0 Å². The molecule has 1 aliphatic heterocycles. The van der Waals surface area contributed by atoms with Crippen molar-refractivity contribution in [1.82, 2.24) is 0 Å². The Kier molecular flexibility index (Phi) is 19.2. The summed E-state index contributed by atoms with van der Waals surface area (Å²) in [5.74, 6) is 0.880. The normalized spacial score (nSPS) is 18.0. The van der Waals surface area contributed by atoms with E-state index >= 15 is 0 Å². The highest BCUT2D eigenvalue weighted by atomic mass is 28.4. The van der Waals surface area contributed by atoms with Gasteiger partial charge in [0.15, 0.2) is 0 Å². The van der Waals surface area contributed by atoms with E-state index in [4.69, 9.17) is 20.3 Å². The fraction of sp³-hybridized carbons (Fsp3) is 0.481. The first kappa shape index (κ1) is 51.3. The van der Waals surface area contributed by atoms with Gasteiger partial charge in [-0.1, -0.05) is 209 Å². The van der Waals surface area contributed by atoms with Gasteiger partial charge in [-0.3, -0.25) is 0 Å². The molecule has 1 fully saturated rings. The molecule has 1 saturated carbocycles. The van der Waals surface area contributed by atoms with E-state index in [9.17, 15) is 0 Å². The van der Waals surface area contributed by atoms with Crippen LogP contribution in [-0.2, 0) is 13.7 Å². The van der Waals surface area contributed by atoms with Gasteiger partial charge in [0, 0.05) is 25.0 Å². The van der Waals surface area contributed by atoms with Gasteiger partial charge in [0.2, 0.25) is 6.54 Å². The molecule has 3 atom stereocenters. The van der Waals surface area contributed by atoms with Crippen molar-refractivity contribution >= 4 is 43.1 Å². The van der Waals surface area contributed by atoms with Crippen molar-refractivity contribution in [3.63, 3.8) is 0 Å². The first-order chi connectivity index (χ1) is 28.3. The summed E-state index contributed by atoms with van der Waals surface area (Å²) < 4.78 is 14.3. The van der Waals surface area contributed by atoms with Crippen molar-refractivity contribution in [3.8, 4) is 0 Å². The Balaban J connectivity index is 0.000000315. The van der Waals surface area contributed by atoms with E-state index in [0.29, 0.717) is 25.0 Å². The summed E-state index contributed by atoms with van der Waals surface area (Å²) >= 11 is 0. The van der Waals surface area contributed by atoms with Crippen LogP contribution in [0.3, 0.4) is 0 Å². The molecule has 330 valence electrons. The molecular formula is C54H78N2O3Si2. The SMILES string of the molecule is C.C.CC[C@]12CON=C1CC[C@@H](CO[Si](c1ccccc1)(c1ccccc1)C(C)(C)C)C2.[C-]#[N+]CC[C@@H](CO[Si](c1ccccc1)(c1ccccc1)C(C)(C)C)CC(=C)CC. The third kappa shape index (κ3) is 11.7. The maximum Gasteiger partial charge on any atom is 0.261 e. The molecule has 1 aliphatic carbocycles. The maximum atomic E-state index is 7.22. The molecule has 4 aromatic carbocycles. The molecule has 0 N–H and O–H groups in total. The monoisotopic (exact) mass is 859 g/mol. The highest BCUT2D eigenvalue weighted by Gasteiger charge is 2.52. The molecule has 5 nitrogen and oxygen atoms in total. The molecule has 1 heterocycles.